The van der Waals surface area contributed by atoms with Crippen LogP contribution in [0.4, 0.5) is 11.4 Å². The molecule has 0 unspecified atom stereocenters. The molecular weight excluding hydrogens is 342 g/mol. The molecule has 0 saturated carbocycles. The van der Waals surface area contributed by atoms with Crippen molar-refractivity contribution in [1.82, 2.24) is 5.32 Å². The summed E-state index contributed by atoms with van der Waals surface area (Å²) in [6, 6.07) is 11.0. The molecule has 0 atom stereocenters. The minimum Gasteiger partial charge on any atom is -0.506 e. The van der Waals surface area contributed by atoms with Gasteiger partial charge >= 0.3 is 0 Å². The lowest BCUT2D eigenvalue weighted by Gasteiger charge is -2.01. The fourth-order valence-corrected chi connectivity index (χ4v) is 3.03. The number of hydrogen-bond acceptors (Lipinski definition) is 6. The summed E-state index contributed by atoms with van der Waals surface area (Å²) in [7, 11) is 0. The summed E-state index contributed by atoms with van der Waals surface area (Å²) < 4.78 is 0. The van der Waals surface area contributed by atoms with Gasteiger partial charge in [-0.15, -0.1) is 0 Å². The number of amidine groups is 1. The molecule has 1 fully saturated rings. The van der Waals surface area contributed by atoms with Crippen molar-refractivity contribution in [2.24, 2.45) is 4.99 Å². The lowest BCUT2D eigenvalue weighted by atomic mass is 10.2. The van der Waals surface area contributed by atoms with Crippen molar-refractivity contribution in [2.75, 3.05) is 0 Å². The molecule has 25 heavy (non-hydrogen) atoms. The zero-order valence-corrected chi connectivity index (χ0v) is 13.9. The fraction of sp³-hybridized carbons (Fsp3) is 0.0588. The van der Waals surface area contributed by atoms with E-state index in [4.69, 9.17) is 0 Å². The number of nitro benzene ring substituents is 1. The number of aliphatic imine (C=N–C) groups is 1. The van der Waals surface area contributed by atoms with Gasteiger partial charge < -0.3 is 10.4 Å². The summed E-state index contributed by atoms with van der Waals surface area (Å²) in [6.07, 6.45) is 1.56. The van der Waals surface area contributed by atoms with Gasteiger partial charge in [-0.25, -0.2) is 4.99 Å². The van der Waals surface area contributed by atoms with Crippen LogP contribution in [-0.4, -0.2) is 21.1 Å². The topological polar surface area (TPSA) is 105 Å². The lowest BCUT2D eigenvalue weighted by Crippen LogP contribution is -2.19. The lowest BCUT2D eigenvalue weighted by molar-refractivity contribution is -0.384. The zero-order valence-electron chi connectivity index (χ0n) is 13.1. The number of rotatable bonds is 3. The maximum absolute atomic E-state index is 12.1. The Balaban J connectivity index is 1.87. The van der Waals surface area contributed by atoms with Gasteiger partial charge in [0.15, 0.2) is 5.17 Å². The van der Waals surface area contributed by atoms with Crippen molar-refractivity contribution in [2.45, 2.75) is 6.92 Å². The summed E-state index contributed by atoms with van der Waals surface area (Å²) >= 11 is 1.11. The van der Waals surface area contributed by atoms with Crippen molar-refractivity contribution in [3.8, 4) is 5.75 Å². The third kappa shape index (κ3) is 3.86. The first-order valence-electron chi connectivity index (χ1n) is 7.26. The molecule has 3 rings (SSSR count). The van der Waals surface area contributed by atoms with Gasteiger partial charge in [0.1, 0.15) is 11.4 Å². The highest BCUT2D eigenvalue weighted by Crippen LogP contribution is 2.32. The first-order valence-corrected chi connectivity index (χ1v) is 8.08. The number of nitro groups is 1. The van der Waals surface area contributed by atoms with Crippen LogP contribution in [0.1, 0.15) is 11.1 Å². The minimum atomic E-state index is -0.489. The number of carbonyl (C=O) groups excluding carboxylic acids is 1. The molecule has 126 valence electrons. The van der Waals surface area contributed by atoms with E-state index in [1.807, 2.05) is 6.92 Å². The molecule has 0 aromatic heterocycles. The Labute approximate surface area is 147 Å². The van der Waals surface area contributed by atoms with Gasteiger partial charge in [-0.05, 0) is 48.0 Å². The average molecular weight is 355 g/mol. The molecule has 0 radical (unpaired) electrons. The highest BCUT2D eigenvalue weighted by molar-refractivity contribution is 8.18. The van der Waals surface area contributed by atoms with Crippen LogP contribution in [0.5, 0.6) is 5.75 Å². The number of hydrogen-bond donors (Lipinski definition) is 2. The Morgan fingerprint density at radius 2 is 2.08 bits per heavy atom. The first-order chi connectivity index (χ1) is 11.9. The second kappa shape index (κ2) is 6.78. The summed E-state index contributed by atoms with van der Waals surface area (Å²) in [5.74, 6) is -0.327. The molecule has 1 aliphatic rings. The van der Waals surface area contributed by atoms with Crippen LogP contribution in [0.15, 0.2) is 52.4 Å². The number of non-ortho nitro benzene ring substituents is 1. The molecule has 1 amide bonds. The van der Waals surface area contributed by atoms with Gasteiger partial charge in [-0.1, -0.05) is 18.2 Å². The molecule has 1 heterocycles. The molecule has 0 aliphatic carbocycles. The van der Waals surface area contributed by atoms with Gasteiger partial charge in [0.05, 0.1) is 9.83 Å². The average Bonchev–Trinajstić information content (AvgIpc) is 2.90. The van der Waals surface area contributed by atoms with Crippen LogP contribution in [0, 0.1) is 17.0 Å². The Kier molecular flexibility index (Phi) is 4.53. The molecule has 2 aromatic rings. The maximum atomic E-state index is 12.1. The normalized spacial score (nSPS) is 17.1. The second-order valence-corrected chi connectivity index (χ2v) is 6.36. The van der Waals surface area contributed by atoms with Gasteiger partial charge in [-0.2, -0.15) is 0 Å². The standard InChI is InChI=1S/C17H13N3O4S/c1-10-5-6-14(21)13(7-10)18-17-19-16(22)15(25-17)9-11-3-2-4-12(8-11)20(23)24/h2-9,21H,1H3,(H,18,19,22)/b15-9-. The van der Waals surface area contributed by atoms with Crippen LogP contribution in [0.2, 0.25) is 0 Å². The third-order valence-electron chi connectivity index (χ3n) is 3.38. The number of benzene rings is 2. The van der Waals surface area contributed by atoms with Crippen molar-refractivity contribution in [1.29, 1.82) is 0 Å². The van der Waals surface area contributed by atoms with Crippen molar-refractivity contribution in [3.05, 3.63) is 68.6 Å². The third-order valence-corrected chi connectivity index (χ3v) is 4.29. The molecule has 0 spiro atoms. The fourth-order valence-electron chi connectivity index (χ4n) is 2.19. The number of aromatic hydroxyl groups is 1. The van der Waals surface area contributed by atoms with E-state index in [1.165, 1.54) is 18.2 Å². The predicted octanol–water partition coefficient (Wildman–Crippen LogP) is 3.50. The van der Waals surface area contributed by atoms with E-state index < -0.39 is 4.92 Å². The summed E-state index contributed by atoms with van der Waals surface area (Å²) in [5, 5.41) is 23.6. The van der Waals surface area contributed by atoms with Crippen molar-refractivity contribution >= 4 is 40.3 Å². The Bertz CT molecular complexity index is 937. The number of nitrogens with one attached hydrogen (secondary N) is 1. The molecule has 1 saturated heterocycles. The number of amides is 1. The molecule has 7 nitrogen and oxygen atoms in total. The second-order valence-electron chi connectivity index (χ2n) is 5.33. The van der Waals surface area contributed by atoms with E-state index in [1.54, 1.807) is 30.3 Å². The molecule has 1 aliphatic heterocycles. The maximum Gasteiger partial charge on any atom is 0.270 e. The Morgan fingerprint density at radius 1 is 1.28 bits per heavy atom. The highest BCUT2D eigenvalue weighted by atomic mass is 32.2. The Hall–Kier alpha value is -3.13. The van der Waals surface area contributed by atoms with Gasteiger partial charge in [0, 0.05) is 12.1 Å². The predicted molar refractivity (Wildman–Crippen MR) is 96.7 cm³/mol. The van der Waals surface area contributed by atoms with Crippen LogP contribution >= 0.6 is 11.8 Å². The van der Waals surface area contributed by atoms with E-state index in [0.717, 1.165) is 17.3 Å². The monoisotopic (exact) mass is 355 g/mol. The summed E-state index contributed by atoms with van der Waals surface area (Å²) in [5.41, 5.74) is 1.79. The SMILES string of the molecule is Cc1ccc(O)c(N=C2NC(=O)/C(=C/c3cccc([N+](=O)[O-])c3)S2)c1. The highest BCUT2D eigenvalue weighted by Gasteiger charge is 2.24. The van der Waals surface area contributed by atoms with E-state index in [9.17, 15) is 20.0 Å². The number of carbonyl (C=O) groups is 1. The minimum absolute atomic E-state index is 0.0177. The zero-order chi connectivity index (χ0) is 18.0. The van der Waals surface area contributed by atoms with E-state index in [-0.39, 0.29) is 17.3 Å². The van der Waals surface area contributed by atoms with E-state index in [2.05, 4.69) is 10.3 Å². The quantitative estimate of drug-likeness (QED) is 0.498. The molecule has 2 N–H and O–H groups in total. The molecule has 2 aromatic carbocycles. The van der Waals surface area contributed by atoms with Gasteiger partial charge in [0.2, 0.25) is 0 Å². The molecule has 8 heteroatoms. The van der Waals surface area contributed by atoms with Crippen LogP contribution in [0.3, 0.4) is 0 Å². The summed E-state index contributed by atoms with van der Waals surface area (Å²) in [4.78, 5) is 27.0. The van der Waals surface area contributed by atoms with Crippen LogP contribution in [0.25, 0.3) is 6.08 Å². The molecular formula is C17H13N3O4S. The Morgan fingerprint density at radius 3 is 2.84 bits per heavy atom. The number of thioether (sulfide) groups is 1. The largest absolute Gasteiger partial charge is 0.506 e. The number of phenolic OH excluding ortho intramolecular Hbond substituents is 1. The smallest absolute Gasteiger partial charge is 0.270 e. The van der Waals surface area contributed by atoms with Crippen LogP contribution < -0.4 is 5.32 Å². The first kappa shape index (κ1) is 16.7. The number of aryl methyl sites for hydroxylation is 1. The number of nitrogens with zero attached hydrogens (tertiary/aromatic N) is 2. The molecule has 0 bridgehead atoms. The van der Waals surface area contributed by atoms with Crippen LogP contribution in [-0.2, 0) is 4.79 Å². The van der Waals surface area contributed by atoms with E-state index in [0.29, 0.717) is 21.3 Å². The van der Waals surface area contributed by atoms with Crippen molar-refractivity contribution in [3.63, 3.8) is 0 Å². The van der Waals surface area contributed by atoms with E-state index >= 15 is 0 Å². The van der Waals surface area contributed by atoms with Gasteiger partial charge in [-0.3, -0.25) is 14.9 Å². The van der Waals surface area contributed by atoms with Crippen molar-refractivity contribution < 1.29 is 14.8 Å². The van der Waals surface area contributed by atoms with Gasteiger partial charge in [0.25, 0.3) is 11.6 Å². The summed E-state index contributed by atoms with van der Waals surface area (Å²) in [6.45, 7) is 1.87. The number of phenols is 1.